The van der Waals surface area contributed by atoms with Crippen molar-refractivity contribution in [2.45, 2.75) is 84.2 Å². The first-order valence-corrected chi connectivity index (χ1v) is 13.2. The Labute approximate surface area is 151 Å². The first kappa shape index (κ1) is 19.3. The third-order valence-corrected chi connectivity index (χ3v) is 9.35. The summed E-state index contributed by atoms with van der Waals surface area (Å²) in [6.07, 6.45) is 16.1. The summed E-state index contributed by atoms with van der Waals surface area (Å²) in [4.78, 5) is 0. The number of hydrogen-bond donors (Lipinski definition) is 0. The van der Waals surface area contributed by atoms with Crippen LogP contribution in [-0.2, 0) is 0 Å². The SMILES string of the molecule is CCCCCCC(=C=CC1CCCCC1)[Si](C)(C)c1ccccc1. The van der Waals surface area contributed by atoms with E-state index in [1.54, 1.807) is 10.4 Å². The Balaban J connectivity index is 2.19. The molecule has 1 fully saturated rings. The smallest absolute Gasteiger partial charge is 0.116 e. The molecular formula is C23H36Si. The monoisotopic (exact) mass is 340 g/mol. The summed E-state index contributed by atoms with van der Waals surface area (Å²) >= 11 is 0. The summed E-state index contributed by atoms with van der Waals surface area (Å²) < 4.78 is 0. The van der Waals surface area contributed by atoms with Crippen LogP contribution in [0.2, 0.25) is 13.1 Å². The molecule has 132 valence electrons. The van der Waals surface area contributed by atoms with Crippen molar-refractivity contribution in [3.63, 3.8) is 0 Å². The Morgan fingerprint density at radius 2 is 1.75 bits per heavy atom. The largest absolute Gasteiger partial charge is 0.130 e. The van der Waals surface area contributed by atoms with Crippen LogP contribution in [0.15, 0.2) is 47.3 Å². The molecule has 0 atom stereocenters. The molecule has 0 aromatic heterocycles. The van der Waals surface area contributed by atoms with Gasteiger partial charge >= 0.3 is 0 Å². The molecule has 1 aliphatic rings. The minimum Gasteiger partial charge on any atom is -0.130 e. The van der Waals surface area contributed by atoms with Crippen LogP contribution in [0.4, 0.5) is 0 Å². The van der Waals surface area contributed by atoms with Crippen molar-refractivity contribution in [3.05, 3.63) is 47.3 Å². The average Bonchev–Trinajstić information content (AvgIpc) is 2.62. The highest BCUT2D eigenvalue weighted by molar-refractivity contribution is 6.95. The maximum absolute atomic E-state index is 3.86. The minimum atomic E-state index is -1.58. The third-order valence-electron chi connectivity index (χ3n) is 5.67. The molecule has 1 aromatic carbocycles. The van der Waals surface area contributed by atoms with E-state index in [1.165, 1.54) is 64.2 Å². The second-order valence-electron chi connectivity index (χ2n) is 7.99. The number of hydrogen-bond acceptors (Lipinski definition) is 0. The first-order valence-electron chi connectivity index (χ1n) is 10.2. The van der Waals surface area contributed by atoms with Crippen molar-refractivity contribution in [1.29, 1.82) is 0 Å². The average molecular weight is 341 g/mol. The fraction of sp³-hybridized carbons (Fsp3) is 0.609. The fourth-order valence-electron chi connectivity index (χ4n) is 3.84. The van der Waals surface area contributed by atoms with Gasteiger partial charge in [-0.25, -0.2) is 0 Å². The van der Waals surface area contributed by atoms with Crippen LogP contribution in [0.3, 0.4) is 0 Å². The molecule has 0 bridgehead atoms. The molecule has 24 heavy (non-hydrogen) atoms. The van der Waals surface area contributed by atoms with Crippen LogP contribution >= 0.6 is 0 Å². The number of benzene rings is 1. The standard InChI is InChI=1S/C23H36Si/c1-4-5-6-11-18-23(20-19-21-14-9-7-10-15-21)24(2,3)22-16-12-8-13-17-22/h8,12-13,16-17,19,21H,4-7,9-11,14-15,18H2,1-3H3. The van der Waals surface area contributed by atoms with E-state index < -0.39 is 8.07 Å². The van der Waals surface area contributed by atoms with Gasteiger partial charge in [-0.2, -0.15) is 0 Å². The van der Waals surface area contributed by atoms with Crippen molar-refractivity contribution in [2.24, 2.45) is 5.92 Å². The van der Waals surface area contributed by atoms with E-state index in [-0.39, 0.29) is 0 Å². The van der Waals surface area contributed by atoms with Gasteiger partial charge in [-0.15, -0.1) is 5.73 Å². The van der Waals surface area contributed by atoms with Crippen LogP contribution in [0.1, 0.15) is 71.1 Å². The molecular weight excluding hydrogens is 304 g/mol. The van der Waals surface area contributed by atoms with Gasteiger partial charge < -0.3 is 0 Å². The molecule has 1 saturated carbocycles. The fourth-order valence-corrected chi connectivity index (χ4v) is 6.46. The topological polar surface area (TPSA) is 0 Å². The van der Waals surface area contributed by atoms with E-state index in [4.69, 9.17) is 0 Å². The Morgan fingerprint density at radius 1 is 1.04 bits per heavy atom. The molecule has 0 unspecified atom stereocenters. The highest BCUT2D eigenvalue weighted by atomic mass is 28.3. The van der Waals surface area contributed by atoms with Crippen LogP contribution in [0.25, 0.3) is 0 Å². The summed E-state index contributed by atoms with van der Waals surface area (Å²) in [5.74, 6) is 0.782. The summed E-state index contributed by atoms with van der Waals surface area (Å²) in [7, 11) is -1.58. The molecule has 0 spiro atoms. The van der Waals surface area contributed by atoms with Crippen LogP contribution < -0.4 is 5.19 Å². The first-order chi connectivity index (χ1) is 11.6. The van der Waals surface area contributed by atoms with E-state index in [0.717, 1.165) is 5.92 Å². The Hall–Kier alpha value is -1.04. The van der Waals surface area contributed by atoms with E-state index in [0.29, 0.717) is 0 Å². The van der Waals surface area contributed by atoms with Gasteiger partial charge in [-0.1, -0.05) is 94.1 Å². The Morgan fingerprint density at radius 3 is 2.42 bits per heavy atom. The lowest BCUT2D eigenvalue weighted by molar-refractivity contribution is 0.419. The zero-order chi connectivity index (χ0) is 17.3. The lowest BCUT2D eigenvalue weighted by Crippen LogP contribution is -2.43. The molecule has 2 rings (SSSR count). The van der Waals surface area contributed by atoms with Gasteiger partial charge in [0.05, 0.1) is 0 Å². The summed E-state index contributed by atoms with van der Waals surface area (Å²) in [5, 5.41) is 3.19. The van der Waals surface area contributed by atoms with E-state index >= 15 is 0 Å². The van der Waals surface area contributed by atoms with Crippen molar-refractivity contribution in [1.82, 2.24) is 0 Å². The van der Waals surface area contributed by atoms with E-state index in [9.17, 15) is 0 Å². The highest BCUT2D eigenvalue weighted by Crippen LogP contribution is 2.26. The van der Waals surface area contributed by atoms with E-state index in [1.807, 2.05) is 0 Å². The second-order valence-corrected chi connectivity index (χ2v) is 12.4. The molecule has 0 heterocycles. The predicted molar refractivity (Wildman–Crippen MR) is 110 cm³/mol. The molecule has 1 heteroatoms. The molecule has 1 aliphatic carbocycles. The van der Waals surface area contributed by atoms with Gasteiger partial charge in [0.15, 0.2) is 0 Å². The van der Waals surface area contributed by atoms with Crippen molar-refractivity contribution >= 4 is 13.3 Å². The predicted octanol–water partition coefficient (Wildman–Crippen LogP) is 6.77. The van der Waals surface area contributed by atoms with Gasteiger partial charge in [-0.3, -0.25) is 0 Å². The Kier molecular flexibility index (Phi) is 8.09. The molecule has 0 N–H and O–H groups in total. The molecule has 0 nitrogen and oxygen atoms in total. The van der Waals surface area contributed by atoms with Crippen LogP contribution in [-0.4, -0.2) is 8.07 Å². The highest BCUT2D eigenvalue weighted by Gasteiger charge is 2.27. The van der Waals surface area contributed by atoms with Gasteiger partial charge in [0.25, 0.3) is 0 Å². The van der Waals surface area contributed by atoms with Gasteiger partial charge in [0.1, 0.15) is 8.07 Å². The van der Waals surface area contributed by atoms with Gasteiger partial charge in [0, 0.05) is 0 Å². The second kappa shape index (κ2) is 10.1. The molecule has 1 aromatic rings. The minimum absolute atomic E-state index is 0.782. The lowest BCUT2D eigenvalue weighted by atomic mass is 9.89. The Bertz CT molecular complexity index is 528. The number of unbranched alkanes of at least 4 members (excludes halogenated alkanes) is 3. The number of rotatable bonds is 8. The lowest BCUT2D eigenvalue weighted by Gasteiger charge is -2.26. The van der Waals surface area contributed by atoms with Crippen LogP contribution in [0, 0.1) is 5.92 Å². The maximum Gasteiger partial charge on any atom is 0.116 e. The van der Waals surface area contributed by atoms with Crippen molar-refractivity contribution in [2.75, 3.05) is 0 Å². The molecule has 0 saturated heterocycles. The van der Waals surface area contributed by atoms with Gasteiger partial charge in [0.2, 0.25) is 0 Å². The molecule has 0 aliphatic heterocycles. The zero-order valence-corrected chi connectivity index (χ0v) is 17.1. The maximum atomic E-state index is 3.86. The molecule has 0 radical (unpaired) electrons. The quantitative estimate of drug-likeness (QED) is 0.278. The number of allylic oxidation sites excluding steroid dienone is 1. The van der Waals surface area contributed by atoms with Crippen LogP contribution in [0.5, 0.6) is 0 Å². The summed E-state index contributed by atoms with van der Waals surface area (Å²) in [6.45, 7) is 7.32. The zero-order valence-electron chi connectivity index (χ0n) is 16.1. The van der Waals surface area contributed by atoms with Crippen molar-refractivity contribution < 1.29 is 0 Å². The normalized spacial score (nSPS) is 15.8. The van der Waals surface area contributed by atoms with E-state index in [2.05, 4.69) is 62.2 Å². The molecule has 0 amide bonds. The summed E-state index contributed by atoms with van der Waals surface area (Å²) in [5.41, 5.74) is 3.86. The third kappa shape index (κ3) is 5.79. The van der Waals surface area contributed by atoms with Crippen molar-refractivity contribution in [3.8, 4) is 0 Å². The summed E-state index contributed by atoms with van der Waals surface area (Å²) in [6, 6.07) is 11.2. The van der Waals surface area contributed by atoms with Gasteiger partial charge in [-0.05, 0) is 42.9 Å².